The third kappa shape index (κ3) is 7.25. The Morgan fingerprint density at radius 2 is 1.40 bits per heavy atom. The zero-order valence-corrected chi connectivity index (χ0v) is 25.5. The highest BCUT2D eigenvalue weighted by molar-refractivity contribution is 7.92. The number of carbonyl (C=O) groups excluding carboxylic acids is 2. The second-order valence-electron chi connectivity index (χ2n) is 11.2. The number of hydrogen-bond donors (Lipinski definition) is 2. The van der Waals surface area contributed by atoms with Crippen molar-refractivity contribution < 1.29 is 18.0 Å². The highest BCUT2D eigenvalue weighted by atomic mass is 32.2. The van der Waals surface area contributed by atoms with Crippen LogP contribution < -0.4 is 14.9 Å². The molecule has 0 spiro atoms. The molecule has 0 saturated heterocycles. The number of nitrogens with zero attached hydrogens (tertiary/aromatic N) is 1. The minimum atomic E-state index is -4.04. The van der Waals surface area contributed by atoms with E-state index in [1.54, 1.807) is 72.8 Å². The highest BCUT2D eigenvalue weighted by Crippen LogP contribution is 2.28. The average Bonchev–Trinajstić information content (AvgIpc) is 2.96. The molecule has 0 aromatic heterocycles. The molecule has 0 heterocycles. The first-order valence-electron chi connectivity index (χ1n) is 13.9. The Morgan fingerprint density at radius 3 is 2.02 bits per heavy atom. The molecule has 42 heavy (non-hydrogen) atoms. The number of carbonyl (C=O) groups is 2. The van der Waals surface area contributed by atoms with E-state index < -0.39 is 22.5 Å². The summed E-state index contributed by atoms with van der Waals surface area (Å²) in [6.07, 6.45) is 0.596. The number of benzene rings is 4. The van der Waals surface area contributed by atoms with E-state index in [1.165, 1.54) is 0 Å². The molecule has 0 aliphatic carbocycles. The normalized spacial score (nSPS) is 11.5. The van der Waals surface area contributed by atoms with Crippen LogP contribution in [-0.4, -0.2) is 26.8 Å². The molecule has 0 unspecified atom stereocenters. The number of para-hydroxylation sites is 1. The van der Waals surface area contributed by atoms with Crippen LogP contribution in [0.1, 0.15) is 54.7 Å². The van der Waals surface area contributed by atoms with Gasteiger partial charge in [-0.25, -0.2) is 8.42 Å². The second-order valence-corrected chi connectivity index (χ2v) is 13.1. The van der Waals surface area contributed by atoms with Gasteiger partial charge in [-0.3, -0.25) is 13.9 Å². The molecule has 0 fully saturated rings. The van der Waals surface area contributed by atoms with Crippen LogP contribution in [0, 0.1) is 6.92 Å². The van der Waals surface area contributed by atoms with Crippen LogP contribution in [0.3, 0.4) is 0 Å². The SMILES string of the molecule is CCc1ccccc1N(CC(=O)Nc1cccc(NC(=O)c2ccc(C(C)(C)C)cc2)c1)S(=O)(=O)c1ccc(C)cc1. The van der Waals surface area contributed by atoms with Gasteiger partial charge in [-0.2, -0.15) is 0 Å². The summed E-state index contributed by atoms with van der Waals surface area (Å²) >= 11 is 0. The first-order chi connectivity index (χ1) is 19.9. The van der Waals surface area contributed by atoms with Crippen LogP contribution in [0.4, 0.5) is 17.1 Å². The van der Waals surface area contributed by atoms with Gasteiger partial charge in [-0.1, -0.05) is 81.8 Å². The van der Waals surface area contributed by atoms with Crippen LogP contribution in [-0.2, 0) is 26.7 Å². The maximum absolute atomic E-state index is 13.8. The van der Waals surface area contributed by atoms with Gasteiger partial charge in [0.05, 0.1) is 10.6 Å². The lowest BCUT2D eigenvalue weighted by Crippen LogP contribution is -2.38. The Morgan fingerprint density at radius 1 is 0.786 bits per heavy atom. The lowest BCUT2D eigenvalue weighted by molar-refractivity contribution is -0.114. The summed E-state index contributed by atoms with van der Waals surface area (Å²) in [7, 11) is -4.04. The van der Waals surface area contributed by atoms with Gasteiger partial charge in [0.2, 0.25) is 5.91 Å². The van der Waals surface area contributed by atoms with Gasteiger partial charge in [0.1, 0.15) is 6.54 Å². The molecule has 0 bridgehead atoms. The Kier molecular flexibility index (Phi) is 9.17. The van der Waals surface area contributed by atoms with Crippen LogP contribution >= 0.6 is 0 Å². The van der Waals surface area contributed by atoms with Crippen molar-refractivity contribution in [2.24, 2.45) is 0 Å². The fourth-order valence-corrected chi connectivity index (χ4v) is 5.98. The number of sulfonamides is 1. The fraction of sp³-hybridized carbons (Fsp3) is 0.235. The number of hydrogen-bond acceptors (Lipinski definition) is 4. The maximum atomic E-state index is 13.8. The van der Waals surface area contributed by atoms with E-state index in [9.17, 15) is 18.0 Å². The molecule has 0 radical (unpaired) electrons. The van der Waals surface area contributed by atoms with Gasteiger partial charge in [-0.15, -0.1) is 0 Å². The molecule has 7 nitrogen and oxygen atoms in total. The van der Waals surface area contributed by atoms with Gasteiger partial charge in [-0.05, 0) is 78.4 Å². The van der Waals surface area contributed by atoms with Crippen molar-refractivity contribution >= 4 is 38.9 Å². The van der Waals surface area contributed by atoms with Gasteiger partial charge in [0.25, 0.3) is 15.9 Å². The van der Waals surface area contributed by atoms with E-state index in [-0.39, 0.29) is 16.2 Å². The van der Waals surface area contributed by atoms with Gasteiger partial charge in [0, 0.05) is 16.9 Å². The third-order valence-corrected chi connectivity index (χ3v) is 8.73. The quantitative estimate of drug-likeness (QED) is 0.223. The molecule has 4 rings (SSSR count). The topological polar surface area (TPSA) is 95.6 Å². The molecule has 2 amide bonds. The summed E-state index contributed by atoms with van der Waals surface area (Å²) < 4.78 is 28.7. The number of nitrogens with one attached hydrogen (secondary N) is 2. The zero-order chi connectivity index (χ0) is 30.5. The minimum absolute atomic E-state index is 0.0186. The molecule has 0 aliphatic heterocycles. The number of amides is 2. The number of aryl methyl sites for hydroxylation is 2. The summed E-state index contributed by atoms with van der Waals surface area (Å²) in [6.45, 7) is 9.73. The van der Waals surface area contributed by atoms with E-state index in [1.807, 2.05) is 38.1 Å². The smallest absolute Gasteiger partial charge is 0.264 e. The standard InChI is InChI=1S/C34H37N3O4S/c1-6-25-10-7-8-13-31(25)37(42(40,41)30-20-14-24(2)15-21-30)23-32(38)35-28-11-9-12-29(22-28)36-33(39)26-16-18-27(19-17-26)34(3,4)5/h7-22H,6,23H2,1-5H3,(H,35,38)(H,36,39). The van der Waals surface area contributed by atoms with E-state index in [0.29, 0.717) is 29.0 Å². The van der Waals surface area contributed by atoms with Crippen LogP contribution in [0.25, 0.3) is 0 Å². The van der Waals surface area contributed by atoms with Crippen molar-refractivity contribution in [3.05, 3.63) is 119 Å². The van der Waals surface area contributed by atoms with E-state index in [2.05, 4.69) is 31.4 Å². The molecule has 0 saturated carbocycles. The largest absolute Gasteiger partial charge is 0.324 e. The molecule has 4 aromatic rings. The summed E-state index contributed by atoms with van der Waals surface area (Å²) in [5.74, 6) is -0.789. The van der Waals surface area contributed by atoms with E-state index in [4.69, 9.17) is 0 Å². The van der Waals surface area contributed by atoms with Crippen molar-refractivity contribution in [1.29, 1.82) is 0 Å². The Balaban J connectivity index is 1.53. The summed E-state index contributed by atoms with van der Waals surface area (Å²) in [5, 5.41) is 5.66. The fourth-order valence-electron chi connectivity index (χ4n) is 4.52. The first kappa shape index (κ1) is 30.5. The Hall–Kier alpha value is -4.43. The van der Waals surface area contributed by atoms with Crippen molar-refractivity contribution in [3.8, 4) is 0 Å². The molecule has 218 valence electrons. The predicted octanol–water partition coefficient (Wildman–Crippen LogP) is 6.94. The maximum Gasteiger partial charge on any atom is 0.264 e. The minimum Gasteiger partial charge on any atom is -0.324 e. The third-order valence-electron chi connectivity index (χ3n) is 6.95. The molecule has 0 aliphatic rings. The lowest BCUT2D eigenvalue weighted by Gasteiger charge is -2.26. The lowest BCUT2D eigenvalue weighted by atomic mass is 9.87. The summed E-state index contributed by atoms with van der Waals surface area (Å²) in [6, 6.07) is 28.0. The monoisotopic (exact) mass is 583 g/mol. The van der Waals surface area contributed by atoms with Crippen LogP contribution in [0.2, 0.25) is 0 Å². The van der Waals surface area contributed by atoms with E-state index in [0.717, 1.165) is 21.0 Å². The van der Waals surface area contributed by atoms with Crippen LogP contribution in [0.5, 0.6) is 0 Å². The molecule has 4 aromatic carbocycles. The zero-order valence-electron chi connectivity index (χ0n) is 24.6. The van der Waals surface area contributed by atoms with E-state index >= 15 is 0 Å². The molecular weight excluding hydrogens is 546 g/mol. The summed E-state index contributed by atoms with van der Waals surface area (Å²) in [5.41, 5.74) is 4.75. The van der Waals surface area contributed by atoms with Gasteiger partial charge >= 0.3 is 0 Å². The molecule has 0 atom stereocenters. The molecule has 2 N–H and O–H groups in total. The van der Waals surface area contributed by atoms with Crippen LogP contribution in [0.15, 0.2) is 102 Å². The van der Waals surface area contributed by atoms with Crippen molar-refractivity contribution in [2.75, 3.05) is 21.5 Å². The van der Waals surface area contributed by atoms with Crippen molar-refractivity contribution in [2.45, 2.75) is 51.3 Å². The first-order valence-corrected chi connectivity index (χ1v) is 15.3. The highest BCUT2D eigenvalue weighted by Gasteiger charge is 2.28. The predicted molar refractivity (Wildman–Crippen MR) is 170 cm³/mol. The Labute approximate surface area is 248 Å². The van der Waals surface area contributed by atoms with Crippen molar-refractivity contribution in [3.63, 3.8) is 0 Å². The van der Waals surface area contributed by atoms with Gasteiger partial charge in [0.15, 0.2) is 0 Å². The Bertz CT molecular complexity index is 1670. The number of rotatable bonds is 9. The number of anilines is 3. The van der Waals surface area contributed by atoms with Crippen molar-refractivity contribution in [1.82, 2.24) is 0 Å². The molecule has 8 heteroatoms. The second kappa shape index (κ2) is 12.6. The molecular formula is C34H37N3O4S. The average molecular weight is 584 g/mol. The van der Waals surface area contributed by atoms with Gasteiger partial charge < -0.3 is 10.6 Å². The summed E-state index contributed by atoms with van der Waals surface area (Å²) in [4.78, 5) is 26.3.